The molecule has 1 heterocycles. The van der Waals surface area contributed by atoms with E-state index < -0.39 is 0 Å². The molecule has 0 aliphatic carbocycles. The second-order valence-corrected chi connectivity index (χ2v) is 4.67. The van der Waals surface area contributed by atoms with Gasteiger partial charge in [0.15, 0.2) is 0 Å². The first-order valence-corrected chi connectivity index (χ1v) is 6.58. The minimum Gasteiger partial charge on any atom is -0.489 e. The van der Waals surface area contributed by atoms with E-state index in [1.165, 1.54) is 18.4 Å². The third kappa shape index (κ3) is 3.03. The number of para-hydroxylation sites is 1. The normalized spacial score (nSPS) is 17.6. The van der Waals surface area contributed by atoms with Crippen molar-refractivity contribution in [3.63, 3.8) is 0 Å². The minimum atomic E-state index is 0.320. The van der Waals surface area contributed by atoms with Gasteiger partial charge in [0, 0.05) is 6.42 Å². The predicted molar refractivity (Wildman–Crippen MR) is 71.3 cm³/mol. The molecule has 17 heavy (non-hydrogen) atoms. The molecule has 1 aliphatic rings. The van der Waals surface area contributed by atoms with E-state index in [9.17, 15) is 0 Å². The summed E-state index contributed by atoms with van der Waals surface area (Å²) in [5, 5.41) is 0. The second kappa shape index (κ2) is 5.77. The predicted octanol–water partition coefficient (Wildman–Crippen LogP) is 3.94. The van der Waals surface area contributed by atoms with Crippen LogP contribution < -0.4 is 4.74 Å². The van der Waals surface area contributed by atoms with Gasteiger partial charge in [0.05, 0.1) is 11.7 Å². The quantitative estimate of drug-likeness (QED) is 0.550. The lowest BCUT2D eigenvalue weighted by atomic mass is 10.00. The van der Waals surface area contributed by atoms with Gasteiger partial charge in [-0.1, -0.05) is 37.3 Å². The number of benzene rings is 1. The molecule has 1 aromatic carbocycles. The van der Waals surface area contributed by atoms with E-state index in [0.717, 1.165) is 30.6 Å². The van der Waals surface area contributed by atoms with Gasteiger partial charge in [-0.05, 0) is 37.8 Å². The third-order valence-electron chi connectivity index (χ3n) is 3.11. The summed E-state index contributed by atoms with van der Waals surface area (Å²) in [6.07, 6.45) is 5.91. The van der Waals surface area contributed by atoms with Crippen molar-refractivity contribution in [2.24, 2.45) is 0 Å². The molecule has 1 aliphatic heterocycles. The van der Waals surface area contributed by atoms with Crippen LogP contribution in [0.15, 0.2) is 18.2 Å². The Morgan fingerprint density at radius 2 is 2.29 bits per heavy atom. The van der Waals surface area contributed by atoms with Gasteiger partial charge in [-0.25, -0.2) is 0 Å². The van der Waals surface area contributed by atoms with E-state index in [0.29, 0.717) is 6.10 Å². The Kier molecular flexibility index (Phi) is 4.09. The smallest absolute Gasteiger partial charge is 0.138 e. The molecule has 0 saturated heterocycles. The zero-order valence-electron chi connectivity index (χ0n) is 10.8. The van der Waals surface area contributed by atoms with Gasteiger partial charge < -0.3 is 4.74 Å². The van der Waals surface area contributed by atoms with Crippen molar-refractivity contribution >= 4 is 0 Å². The average molecular weight is 228 g/mol. The molecule has 1 heteroatoms. The number of ether oxygens (including phenoxy) is 1. The molecule has 0 spiro atoms. The Balaban J connectivity index is 2.19. The number of fused-ring (bicyclic) bond motifs is 1. The first-order valence-electron chi connectivity index (χ1n) is 6.58. The monoisotopic (exact) mass is 228 g/mol. The SMILES string of the molecule is CCCCC#Cc1cccc2c1O[C@@H](C)CC2. The topological polar surface area (TPSA) is 9.23 Å². The van der Waals surface area contributed by atoms with Crippen LogP contribution in [-0.4, -0.2) is 6.10 Å². The second-order valence-electron chi connectivity index (χ2n) is 4.67. The van der Waals surface area contributed by atoms with E-state index >= 15 is 0 Å². The molecule has 0 N–H and O–H groups in total. The summed E-state index contributed by atoms with van der Waals surface area (Å²) in [4.78, 5) is 0. The number of hydrogen-bond acceptors (Lipinski definition) is 1. The maximum absolute atomic E-state index is 5.92. The lowest BCUT2D eigenvalue weighted by molar-refractivity contribution is 0.192. The maximum atomic E-state index is 5.92. The van der Waals surface area contributed by atoms with E-state index in [-0.39, 0.29) is 0 Å². The summed E-state index contributed by atoms with van der Waals surface area (Å²) in [7, 11) is 0. The van der Waals surface area contributed by atoms with Crippen LogP contribution in [0.4, 0.5) is 0 Å². The molecule has 0 amide bonds. The van der Waals surface area contributed by atoms with Crippen molar-refractivity contribution < 1.29 is 4.74 Å². The molecular weight excluding hydrogens is 208 g/mol. The standard InChI is InChI=1S/C16H20O/c1-3-4-5-6-8-14-9-7-10-15-12-11-13(2)17-16(14)15/h7,9-10,13H,3-5,11-12H2,1-2H3/t13-/m0/s1. The first-order chi connectivity index (χ1) is 8.31. The van der Waals surface area contributed by atoms with Crippen LogP contribution in [0.3, 0.4) is 0 Å². The van der Waals surface area contributed by atoms with Crippen LogP contribution in [0.2, 0.25) is 0 Å². The number of hydrogen-bond donors (Lipinski definition) is 0. The minimum absolute atomic E-state index is 0.320. The number of unbranched alkanes of at least 4 members (excludes halogenated alkanes) is 2. The fourth-order valence-electron chi connectivity index (χ4n) is 2.06. The van der Waals surface area contributed by atoms with Crippen LogP contribution in [0.1, 0.15) is 50.7 Å². The van der Waals surface area contributed by atoms with Crippen LogP contribution in [0, 0.1) is 11.8 Å². The molecule has 1 aromatic rings. The summed E-state index contributed by atoms with van der Waals surface area (Å²) < 4.78 is 5.92. The molecule has 90 valence electrons. The zero-order valence-corrected chi connectivity index (χ0v) is 10.8. The van der Waals surface area contributed by atoms with E-state index in [1.807, 2.05) is 0 Å². The van der Waals surface area contributed by atoms with Crippen LogP contribution in [0.25, 0.3) is 0 Å². The molecule has 0 unspecified atom stereocenters. The lowest BCUT2D eigenvalue weighted by Gasteiger charge is -2.24. The fourth-order valence-corrected chi connectivity index (χ4v) is 2.06. The molecule has 0 fully saturated rings. The molecular formula is C16H20O. The number of rotatable bonds is 2. The van der Waals surface area contributed by atoms with Crippen molar-refractivity contribution in [1.29, 1.82) is 0 Å². The largest absolute Gasteiger partial charge is 0.489 e. The third-order valence-corrected chi connectivity index (χ3v) is 3.11. The van der Waals surface area contributed by atoms with E-state index in [4.69, 9.17) is 4.74 Å². The van der Waals surface area contributed by atoms with Gasteiger partial charge in [-0.2, -0.15) is 0 Å². The fraction of sp³-hybridized carbons (Fsp3) is 0.500. The van der Waals surface area contributed by atoms with Gasteiger partial charge in [-0.15, -0.1) is 0 Å². The van der Waals surface area contributed by atoms with Gasteiger partial charge in [0.25, 0.3) is 0 Å². The van der Waals surface area contributed by atoms with Crippen molar-refractivity contribution in [1.82, 2.24) is 0 Å². The molecule has 1 nitrogen and oxygen atoms in total. The highest BCUT2D eigenvalue weighted by atomic mass is 16.5. The molecule has 0 saturated carbocycles. The first kappa shape index (κ1) is 12.0. The summed E-state index contributed by atoms with van der Waals surface area (Å²) >= 11 is 0. The molecule has 0 radical (unpaired) electrons. The molecule has 0 aromatic heterocycles. The summed E-state index contributed by atoms with van der Waals surface area (Å²) in [6, 6.07) is 6.30. The molecule has 1 atom stereocenters. The van der Waals surface area contributed by atoms with Crippen molar-refractivity contribution in [3.8, 4) is 17.6 Å². The highest BCUT2D eigenvalue weighted by molar-refractivity contribution is 5.51. The Morgan fingerprint density at radius 3 is 3.12 bits per heavy atom. The van der Waals surface area contributed by atoms with Gasteiger partial charge in [0.2, 0.25) is 0 Å². The summed E-state index contributed by atoms with van der Waals surface area (Å²) in [6.45, 7) is 4.32. The Hall–Kier alpha value is -1.42. The van der Waals surface area contributed by atoms with E-state index in [1.54, 1.807) is 0 Å². The van der Waals surface area contributed by atoms with Gasteiger partial charge in [-0.3, -0.25) is 0 Å². The summed E-state index contributed by atoms with van der Waals surface area (Å²) in [5.74, 6) is 7.51. The Morgan fingerprint density at radius 1 is 1.41 bits per heavy atom. The van der Waals surface area contributed by atoms with Crippen LogP contribution >= 0.6 is 0 Å². The molecule has 2 rings (SSSR count). The highest BCUT2D eigenvalue weighted by Crippen LogP contribution is 2.30. The maximum Gasteiger partial charge on any atom is 0.138 e. The van der Waals surface area contributed by atoms with Crippen molar-refractivity contribution in [2.45, 2.75) is 52.1 Å². The number of aryl methyl sites for hydroxylation is 1. The summed E-state index contributed by atoms with van der Waals surface area (Å²) in [5.41, 5.74) is 2.37. The van der Waals surface area contributed by atoms with Crippen LogP contribution in [-0.2, 0) is 6.42 Å². The van der Waals surface area contributed by atoms with Crippen LogP contribution in [0.5, 0.6) is 5.75 Å². The van der Waals surface area contributed by atoms with Gasteiger partial charge >= 0.3 is 0 Å². The lowest BCUT2D eigenvalue weighted by Crippen LogP contribution is -2.19. The van der Waals surface area contributed by atoms with Gasteiger partial charge in [0.1, 0.15) is 5.75 Å². The molecule has 0 bridgehead atoms. The highest BCUT2D eigenvalue weighted by Gasteiger charge is 2.17. The average Bonchev–Trinajstić information content (AvgIpc) is 2.35. The van der Waals surface area contributed by atoms with Crippen molar-refractivity contribution in [3.05, 3.63) is 29.3 Å². The van der Waals surface area contributed by atoms with Crippen molar-refractivity contribution in [2.75, 3.05) is 0 Å². The zero-order chi connectivity index (χ0) is 12.1. The Bertz CT molecular complexity index is 437. The van der Waals surface area contributed by atoms with E-state index in [2.05, 4.69) is 43.9 Å². The Labute approximate surface area is 104 Å².